The normalized spacial score (nSPS) is 10.4. The number of carbonyl (C=O) groups excluding carboxylic acids is 1. The first-order chi connectivity index (χ1) is 8.61. The van der Waals surface area contributed by atoms with Crippen LogP contribution >= 0.6 is 34.5 Å². The predicted molar refractivity (Wildman–Crippen MR) is 72.1 cm³/mol. The molecule has 0 spiro atoms. The van der Waals surface area contributed by atoms with Crippen molar-refractivity contribution < 1.29 is 9.53 Å². The van der Waals surface area contributed by atoms with E-state index in [9.17, 15) is 4.79 Å². The van der Waals surface area contributed by atoms with Gasteiger partial charge in [-0.15, -0.1) is 11.3 Å². The molecule has 0 aliphatic rings. The van der Waals surface area contributed by atoms with E-state index in [1.165, 1.54) is 18.4 Å². The van der Waals surface area contributed by atoms with Crippen molar-refractivity contribution in [2.75, 3.05) is 7.11 Å². The first-order valence-corrected chi connectivity index (χ1v) is 6.57. The summed E-state index contributed by atoms with van der Waals surface area (Å²) in [5.74, 6) is -0.311. The highest BCUT2D eigenvalue weighted by Crippen LogP contribution is 2.31. The number of hydrogen-bond donors (Lipinski definition) is 0. The fraction of sp³-hybridized carbons (Fsp3) is 0.167. The fourth-order valence-corrected chi connectivity index (χ4v) is 2.42. The summed E-state index contributed by atoms with van der Waals surface area (Å²) in [4.78, 5) is 16.2. The highest BCUT2D eigenvalue weighted by molar-refractivity contribution is 7.09. The smallest absolute Gasteiger partial charge is 0.310 e. The van der Waals surface area contributed by atoms with E-state index in [4.69, 9.17) is 23.2 Å². The molecule has 1 aromatic carbocycles. The molecule has 1 aromatic heterocycles. The number of halogens is 2. The Labute approximate surface area is 118 Å². The van der Waals surface area contributed by atoms with Crippen LogP contribution in [-0.2, 0) is 16.0 Å². The molecular formula is C12H8Cl2NO2S. The highest BCUT2D eigenvalue weighted by Gasteiger charge is 2.14. The van der Waals surface area contributed by atoms with Crippen molar-refractivity contribution in [1.82, 2.24) is 4.98 Å². The molecule has 0 atom stereocenters. The second kappa shape index (κ2) is 5.69. The molecule has 0 aliphatic carbocycles. The molecule has 2 aromatic rings. The summed E-state index contributed by atoms with van der Waals surface area (Å²) in [5.41, 5.74) is 4.26. The summed E-state index contributed by atoms with van der Waals surface area (Å²) in [6.07, 6.45) is 0.174. The van der Waals surface area contributed by atoms with Gasteiger partial charge in [-0.25, -0.2) is 4.98 Å². The van der Waals surface area contributed by atoms with E-state index in [2.05, 4.69) is 15.2 Å². The number of rotatable bonds is 3. The molecule has 1 heterocycles. The number of hydrogen-bond acceptors (Lipinski definition) is 4. The Hall–Kier alpha value is -1.10. The molecule has 0 amide bonds. The summed E-state index contributed by atoms with van der Waals surface area (Å²) in [7, 11) is 1.35. The number of nitrogens with zero attached hydrogens (tertiary/aromatic N) is 1. The van der Waals surface area contributed by atoms with Crippen LogP contribution in [0.25, 0.3) is 11.3 Å². The maximum atomic E-state index is 11.3. The Morgan fingerprint density at radius 3 is 2.89 bits per heavy atom. The minimum Gasteiger partial charge on any atom is -0.469 e. The summed E-state index contributed by atoms with van der Waals surface area (Å²) in [5, 5.41) is 0.931. The minimum atomic E-state index is -0.311. The van der Waals surface area contributed by atoms with E-state index in [1.54, 1.807) is 18.2 Å². The number of carbonyl (C=O) groups is 1. The first-order valence-electron chi connectivity index (χ1n) is 5.00. The van der Waals surface area contributed by atoms with Crippen molar-refractivity contribution in [3.8, 4) is 11.3 Å². The van der Waals surface area contributed by atoms with Crippen molar-refractivity contribution in [2.24, 2.45) is 0 Å². The average Bonchev–Trinajstić information content (AvgIpc) is 2.80. The number of ether oxygens (including phenoxy) is 1. The lowest BCUT2D eigenvalue weighted by Crippen LogP contribution is -2.04. The van der Waals surface area contributed by atoms with Gasteiger partial charge in [0.15, 0.2) is 5.51 Å². The molecule has 0 saturated carbocycles. The Morgan fingerprint density at radius 1 is 1.44 bits per heavy atom. The molecule has 0 fully saturated rings. The number of benzene rings is 1. The molecule has 0 saturated heterocycles. The molecule has 93 valence electrons. The van der Waals surface area contributed by atoms with Crippen LogP contribution in [0.15, 0.2) is 18.2 Å². The van der Waals surface area contributed by atoms with Gasteiger partial charge in [0, 0.05) is 10.4 Å². The van der Waals surface area contributed by atoms with Gasteiger partial charge in [0.2, 0.25) is 0 Å². The van der Waals surface area contributed by atoms with Crippen LogP contribution in [0.5, 0.6) is 0 Å². The Bertz CT molecular complexity index is 583. The molecule has 6 heteroatoms. The molecular weight excluding hydrogens is 293 g/mol. The number of thiazole rings is 1. The molecule has 0 unspecified atom stereocenters. The highest BCUT2D eigenvalue weighted by atomic mass is 35.5. The molecule has 0 N–H and O–H groups in total. The number of esters is 1. The Balaban J connectivity index is 2.36. The molecule has 18 heavy (non-hydrogen) atoms. The fourth-order valence-electron chi connectivity index (χ4n) is 1.43. The van der Waals surface area contributed by atoms with Crippen molar-refractivity contribution in [2.45, 2.75) is 6.42 Å². The van der Waals surface area contributed by atoms with Crippen molar-refractivity contribution >= 4 is 40.5 Å². The average molecular weight is 301 g/mol. The topological polar surface area (TPSA) is 39.2 Å². The maximum Gasteiger partial charge on any atom is 0.310 e. The van der Waals surface area contributed by atoms with Gasteiger partial charge in [0.1, 0.15) is 0 Å². The number of aromatic nitrogens is 1. The van der Waals surface area contributed by atoms with Crippen LogP contribution in [0, 0.1) is 5.51 Å². The van der Waals surface area contributed by atoms with Crippen LogP contribution in [0.4, 0.5) is 0 Å². The third-order valence-electron chi connectivity index (χ3n) is 2.32. The van der Waals surface area contributed by atoms with E-state index in [1.807, 2.05) is 0 Å². The molecule has 0 aliphatic heterocycles. The van der Waals surface area contributed by atoms with Gasteiger partial charge < -0.3 is 4.74 Å². The van der Waals surface area contributed by atoms with Crippen LogP contribution in [-0.4, -0.2) is 18.1 Å². The van der Waals surface area contributed by atoms with Crippen molar-refractivity contribution in [3.05, 3.63) is 38.6 Å². The van der Waals surface area contributed by atoms with E-state index in [-0.39, 0.29) is 12.4 Å². The summed E-state index contributed by atoms with van der Waals surface area (Å²) in [6.45, 7) is 0. The van der Waals surface area contributed by atoms with E-state index in [0.717, 1.165) is 10.4 Å². The summed E-state index contributed by atoms with van der Waals surface area (Å²) in [6, 6.07) is 5.21. The predicted octanol–water partition coefficient (Wildman–Crippen LogP) is 3.63. The zero-order chi connectivity index (χ0) is 13.1. The van der Waals surface area contributed by atoms with Gasteiger partial charge >= 0.3 is 5.97 Å². The first kappa shape index (κ1) is 13.3. The van der Waals surface area contributed by atoms with E-state index in [0.29, 0.717) is 15.7 Å². The molecule has 0 bridgehead atoms. The van der Waals surface area contributed by atoms with Gasteiger partial charge in [-0.3, -0.25) is 4.79 Å². The van der Waals surface area contributed by atoms with Crippen LogP contribution in [0.2, 0.25) is 10.0 Å². The van der Waals surface area contributed by atoms with Gasteiger partial charge in [0.25, 0.3) is 0 Å². The second-order valence-electron chi connectivity index (χ2n) is 3.46. The zero-order valence-electron chi connectivity index (χ0n) is 9.37. The maximum absolute atomic E-state index is 11.3. The van der Waals surface area contributed by atoms with Gasteiger partial charge in [-0.1, -0.05) is 29.3 Å². The monoisotopic (exact) mass is 300 g/mol. The Kier molecular flexibility index (Phi) is 4.22. The molecule has 2 rings (SSSR count). The number of methoxy groups -OCH3 is 1. The third-order valence-corrected chi connectivity index (χ3v) is 3.82. The molecule has 1 radical (unpaired) electrons. The summed E-state index contributed by atoms with van der Waals surface area (Å²) >= 11 is 13.1. The van der Waals surface area contributed by atoms with Crippen molar-refractivity contribution in [1.29, 1.82) is 0 Å². The second-order valence-corrected chi connectivity index (χ2v) is 5.15. The van der Waals surface area contributed by atoms with E-state index < -0.39 is 0 Å². The zero-order valence-corrected chi connectivity index (χ0v) is 11.7. The van der Waals surface area contributed by atoms with Gasteiger partial charge in [0.05, 0.1) is 29.3 Å². The summed E-state index contributed by atoms with van der Waals surface area (Å²) < 4.78 is 4.64. The van der Waals surface area contributed by atoms with Crippen molar-refractivity contribution in [3.63, 3.8) is 0 Å². The van der Waals surface area contributed by atoms with Crippen LogP contribution < -0.4 is 0 Å². The van der Waals surface area contributed by atoms with Gasteiger partial charge in [-0.2, -0.15) is 0 Å². The quantitative estimate of drug-likeness (QED) is 0.813. The SMILES string of the molecule is COC(=O)Cc1s[c]nc1-c1ccc(Cl)c(Cl)c1. The minimum absolute atomic E-state index is 0.174. The largest absolute Gasteiger partial charge is 0.469 e. The van der Waals surface area contributed by atoms with Crippen LogP contribution in [0.1, 0.15) is 4.88 Å². The standard InChI is InChI=1S/C12H8Cl2NO2S/c1-17-11(16)5-10-12(15-6-18-10)7-2-3-8(13)9(14)4-7/h2-4H,5H2,1H3. The van der Waals surface area contributed by atoms with Crippen LogP contribution in [0.3, 0.4) is 0 Å². The molecule has 3 nitrogen and oxygen atoms in total. The lowest BCUT2D eigenvalue weighted by atomic mass is 10.1. The van der Waals surface area contributed by atoms with E-state index >= 15 is 0 Å². The third kappa shape index (κ3) is 2.83. The lowest BCUT2D eigenvalue weighted by Gasteiger charge is -2.03. The lowest BCUT2D eigenvalue weighted by molar-refractivity contribution is -0.139. The Morgan fingerprint density at radius 2 is 2.22 bits per heavy atom. The van der Waals surface area contributed by atoms with Gasteiger partial charge in [-0.05, 0) is 12.1 Å².